The summed E-state index contributed by atoms with van der Waals surface area (Å²) in [5.74, 6) is 0.934. The van der Waals surface area contributed by atoms with Crippen LogP contribution >= 0.6 is 0 Å². The molecule has 0 radical (unpaired) electrons. The predicted octanol–water partition coefficient (Wildman–Crippen LogP) is 3.28. The lowest BCUT2D eigenvalue weighted by Gasteiger charge is -2.05. The average molecular weight is 245 g/mol. The van der Waals surface area contributed by atoms with Gasteiger partial charge >= 0.3 is 0 Å². The first-order chi connectivity index (χ1) is 8.81. The molecule has 0 aliphatic heterocycles. The Morgan fingerprint density at radius 3 is 2.44 bits per heavy atom. The number of hydrogen-bond donors (Lipinski definition) is 2. The van der Waals surface area contributed by atoms with Crippen LogP contribution in [0.5, 0.6) is 0 Å². The molecule has 0 amide bonds. The van der Waals surface area contributed by atoms with Crippen molar-refractivity contribution >= 4 is 16.7 Å². The van der Waals surface area contributed by atoms with Crippen molar-refractivity contribution < 1.29 is 0 Å². The van der Waals surface area contributed by atoms with Crippen LogP contribution in [0.4, 0.5) is 5.82 Å². The van der Waals surface area contributed by atoms with E-state index in [2.05, 4.69) is 41.6 Å². The molecule has 0 aliphatic rings. The van der Waals surface area contributed by atoms with E-state index >= 15 is 0 Å². The fourth-order valence-corrected chi connectivity index (χ4v) is 1.48. The molecular weight excluding hydrogens is 222 g/mol. The third kappa shape index (κ3) is 4.72. The third-order valence-corrected chi connectivity index (χ3v) is 2.28. The Morgan fingerprint density at radius 2 is 1.72 bits per heavy atom. The highest BCUT2D eigenvalue weighted by atomic mass is 15.0. The van der Waals surface area contributed by atoms with Crippen LogP contribution in [0.3, 0.4) is 0 Å². The van der Waals surface area contributed by atoms with Gasteiger partial charge in [0.2, 0.25) is 0 Å². The van der Waals surface area contributed by atoms with Gasteiger partial charge in [-0.2, -0.15) is 0 Å². The lowest BCUT2D eigenvalue weighted by Crippen LogP contribution is -2.18. The van der Waals surface area contributed by atoms with E-state index in [9.17, 15) is 0 Å². The SMILES string of the molecule is CCC.CNCCNc1ccc2ccccc2n1. The molecule has 3 nitrogen and oxygen atoms in total. The maximum absolute atomic E-state index is 4.51. The van der Waals surface area contributed by atoms with Gasteiger partial charge in [-0.1, -0.05) is 38.5 Å². The summed E-state index contributed by atoms with van der Waals surface area (Å²) in [7, 11) is 1.94. The number of aromatic nitrogens is 1. The average Bonchev–Trinajstić information content (AvgIpc) is 2.40. The van der Waals surface area contributed by atoms with Crippen molar-refractivity contribution in [1.29, 1.82) is 0 Å². The molecule has 2 aromatic rings. The molecule has 0 spiro atoms. The second-order valence-electron chi connectivity index (χ2n) is 4.13. The van der Waals surface area contributed by atoms with Crippen LogP contribution in [0.2, 0.25) is 0 Å². The first-order valence-electron chi connectivity index (χ1n) is 6.56. The zero-order valence-corrected chi connectivity index (χ0v) is 11.5. The third-order valence-electron chi connectivity index (χ3n) is 2.28. The van der Waals surface area contributed by atoms with Crippen molar-refractivity contribution in [3.8, 4) is 0 Å². The van der Waals surface area contributed by atoms with E-state index in [1.165, 1.54) is 11.8 Å². The number of fused-ring (bicyclic) bond motifs is 1. The predicted molar refractivity (Wildman–Crippen MR) is 80.1 cm³/mol. The molecule has 1 aromatic carbocycles. The standard InChI is InChI=1S/C12H15N3.C3H8/c1-13-8-9-14-12-7-6-10-4-2-3-5-11(10)15-12;1-3-2/h2-7,13H,8-9H2,1H3,(H,14,15);3H2,1-2H3. The van der Waals surface area contributed by atoms with E-state index in [0.29, 0.717) is 0 Å². The number of anilines is 1. The maximum atomic E-state index is 4.51. The Balaban J connectivity index is 0.000000492. The van der Waals surface area contributed by atoms with E-state index in [0.717, 1.165) is 24.4 Å². The lowest BCUT2D eigenvalue weighted by atomic mass is 10.2. The number of nitrogens with one attached hydrogen (secondary N) is 2. The van der Waals surface area contributed by atoms with E-state index in [1.807, 2.05) is 31.3 Å². The first-order valence-corrected chi connectivity index (χ1v) is 6.56. The molecule has 2 rings (SSSR count). The molecule has 2 N–H and O–H groups in total. The molecule has 0 unspecified atom stereocenters. The van der Waals surface area contributed by atoms with Gasteiger partial charge < -0.3 is 10.6 Å². The van der Waals surface area contributed by atoms with Crippen LogP contribution in [0.1, 0.15) is 20.3 Å². The van der Waals surface area contributed by atoms with E-state index in [-0.39, 0.29) is 0 Å². The van der Waals surface area contributed by atoms with Gasteiger partial charge in [-0.15, -0.1) is 0 Å². The lowest BCUT2D eigenvalue weighted by molar-refractivity contribution is 0.822. The number of benzene rings is 1. The van der Waals surface area contributed by atoms with Gasteiger partial charge in [0.05, 0.1) is 5.52 Å². The number of rotatable bonds is 4. The largest absolute Gasteiger partial charge is 0.369 e. The van der Waals surface area contributed by atoms with Crippen LogP contribution in [0.15, 0.2) is 36.4 Å². The first kappa shape index (κ1) is 14.5. The number of pyridine rings is 1. The number of hydrogen-bond acceptors (Lipinski definition) is 3. The van der Waals surface area contributed by atoms with Gasteiger partial charge in [0.15, 0.2) is 0 Å². The summed E-state index contributed by atoms with van der Waals surface area (Å²) >= 11 is 0. The second kappa shape index (κ2) is 8.48. The Labute approximate surface area is 110 Å². The smallest absolute Gasteiger partial charge is 0.126 e. The molecule has 0 bridgehead atoms. The molecule has 1 aromatic heterocycles. The molecule has 0 aliphatic carbocycles. The number of para-hydroxylation sites is 1. The molecule has 18 heavy (non-hydrogen) atoms. The van der Waals surface area contributed by atoms with Crippen molar-refractivity contribution in [3.05, 3.63) is 36.4 Å². The monoisotopic (exact) mass is 245 g/mol. The van der Waals surface area contributed by atoms with Gasteiger partial charge in [-0.05, 0) is 25.2 Å². The molecule has 3 heteroatoms. The highest BCUT2D eigenvalue weighted by Crippen LogP contribution is 2.13. The maximum Gasteiger partial charge on any atom is 0.126 e. The molecule has 0 fully saturated rings. The minimum Gasteiger partial charge on any atom is -0.369 e. The molecule has 98 valence electrons. The molecular formula is C15H23N3. The van der Waals surface area contributed by atoms with E-state index < -0.39 is 0 Å². The van der Waals surface area contributed by atoms with Gasteiger partial charge in [-0.3, -0.25) is 0 Å². The normalized spacial score (nSPS) is 9.72. The Hall–Kier alpha value is -1.61. The summed E-state index contributed by atoms with van der Waals surface area (Å²) < 4.78 is 0. The van der Waals surface area contributed by atoms with Crippen LogP contribution in [-0.2, 0) is 0 Å². The van der Waals surface area contributed by atoms with E-state index in [4.69, 9.17) is 0 Å². The van der Waals surface area contributed by atoms with Crippen LogP contribution < -0.4 is 10.6 Å². The van der Waals surface area contributed by atoms with Crippen molar-refractivity contribution in [2.24, 2.45) is 0 Å². The summed E-state index contributed by atoms with van der Waals surface area (Å²) in [6.07, 6.45) is 1.25. The highest BCUT2D eigenvalue weighted by Gasteiger charge is 1.95. The van der Waals surface area contributed by atoms with Gasteiger partial charge in [-0.25, -0.2) is 4.98 Å². The van der Waals surface area contributed by atoms with E-state index in [1.54, 1.807) is 0 Å². The molecule has 0 saturated carbocycles. The molecule has 1 heterocycles. The minimum absolute atomic E-state index is 0.891. The number of nitrogens with zero attached hydrogens (tertiary/aromatic N) is 1. The minimum atomic E-state index is 0.891. The topological polar surface area (TPSA) is 37.0 Å². The van der Waals surface area contributed by atoms with Crippen molar-refractivity contribution in [2.45, 2.75) is 20.3 Å². The summed E-state index contributed by atoms with van der Waals surface area (Å²) in [6.45, 7) is 6.08. The molecule has 0 saturated heterocycles. The number of likely N-dealkylation sites (N-methyl/N-ethyl adjacent to an activating group) is 1. The zero-order valence-electron chi connectivity index (χ0n) is 11.5. The second-order valence-corrected chi connectivity index (χ2v) is 4.13. The quantitative estimate of drug-likeness (QED) is 0.812. The van der Waals surface area contributed by atoms with Crippen LogP contribution in [0.25, 0.3) is 10.9 Å². The molecule has 0 atom stereocenters. The van der Waals surface area contributed by atoms with Crippen LogP contribution in [-0.4, -0.2) is 25.1 Å². The Morgan fingerprint density at radius 1 is 1.00 bits per heavy atom. The Bertz CT molecular complexity index is 454. The summed E-state index contributed by atoms with van der Waals surface area (Å²) in [6, 6.07) is 12.2. The van der Waals surface area contributed by atoms with Crippen molar-refractivity contribution in [3.63, 3.8) is 0 Å². The van der Waals surface area contributed by atoms with Crippen molar-refractivity contribution in [1.82, 2.24) is 10.3 Å². The Kier molecular flexibility index (Phi) is 6.81. The zero-order chi connectivity index (χ0) is 13.2. The summed E-state index contributed by atoms with van der Waals surface area (Å²) in [5, 5.41) is 7.53. The van der Waals surface area contributed by atoms with Crippen LogP contribution in [0, 0.1) is 0 Å². The fourth-order valence-electron chi connectivity index (χ4n) is 1.48. The van der Waals surface area contributed by atoms with Gasteiger partial charge in [0.1, 0.15) is 5.82 Å². The van der Waals surface area contributed by atoms with Crippen molar-refractivity contribution in [2.75, 3.05) is 25.5 Å². The van der Waals surface area contributed by atoms with Gasteiger partial charge in [0.25, 0.3) is 0 Å². The highest BCUT2D eigenvalue weighted by molar-refractivity contribution is 5.79. The summed E-state index contributed by atoms with van der Waals surface area (Å²) in [5.41, 5.74) is 1.03. The van der Waals surface area contributed by atoms with Gasteiger partial charge in [0, 0.05) is 18.5 Å². The fraction of sp³-hybridized carbons (Fsp3) is 0.400. The summed E-state index contributed by atoms with van der Waals surface area (Å²) in [4.78, 5) is 4.51.